The Morgan fingerprint density at radius 2 is 2.29 bits per heavy atom. The second-order valence-electron chi connectivity index (χ2n) is 3.70. The topological polar surface area (TPSA) is 72.7 Å². The molecule has 2 rings (SSSR count). The molecule has 1 amide bonds. The molecule has 6 nitrogen and oxygen atoms in total. The molecule has 0 spiro atoms. The van der Waals surface area contributed by atoms with Gasteiger partial charge in [-0.05, 0) is 20.8 Å². The van der Waals surface area contributed by atoms with E-state index in [0.717, 1.165) is 10.6 Å². The molecular weight excluding hydrogens is 238 g/mol. The first-order valence-electron chi connectivity index (χ1n) is 5.17. The first-order chi connectivity index (χ1) is 8.08. The van der Waals surface area contributed by atoms with E-state index in [1.54, 1.807) is 6.92 Å². The fraction of sp³-hybridized carbons (Fsp3) is 0.400. The molecule has 0 aliphatic rings. The zero-order valence-corrected chi connectivity index (χ0v) is 10.7. The standard InChI is InChI=1S/C10H13N5OS/c1-6-8(3)17-10(13-6)14-9(16)7(2)15-5-11-4-12-15/h4-5,7H,1-3H3,(H,13,14,16)/t7-/m0/s1. The normalized spacial score (nSPS) is 12.4. The van der Waals surface area contributed by atoms with Gasteiger partial charge in [0, 0.05) is 4.88 Å². The van der Waals surface area contributed by atoms with Crippen LogP contribution < -0.4 is 5.32 Å². The molecule has 90 valence electrons. The number of aromatic nitrogens is 4. The summed E-state index contributed by atoms with van der Waals surface area (Å²) in [6.45, 7) is 5.66. The van der Waals surface area contributed by atoms with Crippen molar-refractivity contribution in [3.05, 3.63) is 23.2 Å². The number of rotatable bonds is 3. The monoisotopic (exact) mass is 251 g/mol. The Kier molecular flexibility index (Phi) is 3.19. The van der Waals surface area contributed by atoms with Crippen molar-refractivity contribution in [3.63, 3.8) is 0 Å². The smallest absolute Gasteiger partial charge is 0.250 e. The lowest BCUT2D eigenvalue weighted by Gasteiger charge is -2.09. The SMILES string of the molecule is Cc1nc(NC(=O)[C@H](C)n2cncn2)sc1C. The van der Waals surface area contributed by atoms with Gasteiger partial charge in [-0.1, -0.05) is 0 Å². The summed E-state index contributed by atoms with van der Waals surface area (Å²) in [5, 5.41) is 7.32. The number of amides is 1. The molecule has 7 heteroatoms. The van der Waals surface area contributed by atoms with Gasteiger partial charge in [-0.25, -0.2) is 14.6 Å². The zero-order valence-electron chi connectivity index (χ0n) is 9.84. The lowest BCUT2D eigenvalue weighted by Crippen LogP contribution is -2.23. The van der Waals surface area contributed by atoms with Gasteiger partial charge in [-0.15, -0.1) is 11.3 Å². The Morgan fingerprint density at radius 3 is 2.82 bits per heavy atom. The number of carbonyl (C=O) groups excluding carboxylic acids is 1. The van der Waals surface area contributed by atoms with Crippen molar-refractivity contribution in [2.24, 2.45) is 0 Å². The molecule has 2 heterocycles. The van der Waals surface area contributed by atoms with Crippen LogP contribution in [0.2, 0.25) is 0 Å². The quantitative estimate of drug-likeness (QED) is 0.898. The van der Waals surface area contributed by atoms with Gasteiger partial charge in [0.05, 0.1) is 5.69 Å². The van der Waals surface area contributed by atoms with E-state index in [0.29, 0.717) is 5.13 Å². The molecule has 2 aromatic heterocycles. The third-order valence-electron chi connectivity index (χ3n) is 2.47. The number of hydrogen-bond acceptors (Lipinski definition) is 5. The molecule has 0 aliphatic carbocycles. The van der Waals surface area contributed by atoms with Crippen LogP contribution in [0, 0.1) is 13.8 Å². The molecular formula is C10H13N5OS. The van der Waals surface area contributed by atoms with Gasteiger partial charge in [0.1, 0.15) is 18.7 Å². The zero-order chi connectivity index (χ0) is 12.4. The lowest BCUT2D eigenvalue weighted by molar-refractivity contribution is -0.119. The van der Waals surface area contributed by atoms with Gasteiger partial charge in [0.25, 0.3) is 5.91 Å². The van der Waals surface area contributed by atoms with Crippen LogP contribution in [0.15, 0.2) is 12.7 Å². The van der Waals surface area contributed by atoms with Gasteiger partial charge < -0.3 is 5.32 Å². The minimum atomic E-state index is -0.401. The fourth-order valence-electron chi connectivity index (χ4n) is 1.27. The third-order valence-corrected chi connectivity index (χ3v) is 3.46. The van der Waals surface area contributed by atoms with Crippen LogP contribution in [-0.4, -0.2) is 25.7 Å². The summed E-state index contributed by atoms with van der Waals surface area (Å²) < 4.78 is 1.50. The summed E-state index contributed by atoms with van der Waals surface area (Å²) in [6.07, 6.45) is 2.92. The first kappa shape index (κ1) is 11.7. The number of anilines is 1. The molecule has 0 radical (unpaired) electrons. The van der Waals surface area contributed by atoms with Crippen molar-refractivity contribution in [1.29, 1.82) is 0 Å². The van der Waals surface area contributed by atoms with Crippen molar-refractivity contribution in [2.75, 3.05) is 5.32 Å². The molecule has 0 unspecified atom stereocenters. The summed E-state index contributed by atoms with van der Waals surface area (Å²) in [4.78, 5) is 21.1. The van der Waals surface area contributed by atoms with E-state index in [-0.39, 0.29) is 5.91 Å². The molecule has 0 saturated heterocycles. The van der Waals surface area contributed by atoms with Gasteiger partial charge in [-0.2, -0.15) is 5.10 Å². The van der Waals surface area contributed by atoms with E-state index < -0.39 is 6.04 Å². The van der Waals surface area contributed by atoms with Crippen LogP contribution >= 0.6 is 11.3 Å². The average Bonchev–Trinajstić information content (AvgIpc) is 2.89. The Balaban J connectivity index is 2.07. The maximum Gasteiger partial charge on any atom is 0.250 e. The summed E-state index contributed by atoms with van der Waals surface area (Å²) in [7, 11) is 0. The van der Waals surface area contributed by atoms with E-state index in [9.17, 15) is 4.79 Å². The molecule has 0 bridgehead atoms. The van der Waals surface area contributed by atoms with Crippen molar-refractivity contribution in [1.82, 2.24) is 19.7 Å². The van der Waals surface area contributed by atoms with E-state index >= 15 is 0 Å². The molecule has 0 aromatic carbocycles. The molecule has 0 saturated carbocycles. The minimum absolute atomic E-state index is 0.149. The van der Waals surface area contributed by atoms with Crippen LogP contribution in [0.3, 0.4) is 0 Å². The summed E-state index contributed by atoms with van der Waals surface area (Å²) in [5.41, 5.74) is 0.943. The highest BCUT2D eigenvalue weighted by molar-refractivity contribution is 7.15. The van der Waals surface area contributed by atoms with Crippen LogP contribution in [-0.2, 0) is 4.79 Å². The first-order valence-corrected chi connectivity index (χ1v) is 5.98. The molecule has 0 aliphatic heterocycles. The highest BCUT2D eigenvalue weighted by atomic mass is 32.1. The van der Waals surface area contributed by atoms with Crippen molar-refractivity contribution < 1.29 is 4.79 Å². The number of nitrogens with one attached hydrogen (secondary N) is 1. The van der Waals surface area contributed by atoms with Crippen LogP contribution in [0.25, 0.3) is 0 Å². The maximum absolute atomic E-state index is 11.9. The highest BCUT2D eigenvalue weighted by Crippen LogP contribution is 2.21. The largest absolute Gasteiger partial charge is 0.300 e. The average molecular weight is 251 g/mol. The van der Waals surface area contributed by atoms with E-state index in [4.69, 9.17) is 0 Å². The van der Waals surface area contributed by atoms with Gasteiger partial charge in [-0.3, -0.25) is 4.79 Å². The lowest BCUT2D eigenvalue weighted by atomic mass is 10.3. The Hall–Kier alpha value is -1.76. The van der Waals surface area contributed by atoms with Gasteiger partial charge in [0.15, 0.2) is 5.13 Å². The summed E-state index contributed by atoms with van der Waals surface area (Å²) >= 11 is 1.47. The molecule has 2 aromatic rings. The molecule has 1 atom stereocenters. The summed E-state index contributed by atoms with van der Waals surface area (Å²) in [5.74, 6) is -0.149. The number of carbonyl (C=O) groups is 1. The fourth-order valence-corrected chi connectivity index (χ4v) is 2.09. The van der Waals surface area contributed by atoms with Gasteiger partial charge >= 0.3 is 0 Å². The second-order valence-corrected chi connectivity index (χ2v) is 4.90. The Morgan fingerprint density at radius 1 is 1.53 bits per heavy atom. The predicted octanol–water partition coefficient (Wildman–Crippen LogP) is 1.55. The van der Waals surface area contributed by atoms with Crippen LogP contribution in [0.4, 0.5) is 5.13 Å². The molecule has 1 N–H and O–H groups in total. The highest BCUT2D eigenvalue weighted by Gasteiger charge is 2.17. The Bertz CT molecular complexity index is 499. The minimum Gasteiger partial charge on any atom is -0.300 e. The van der Waals surface area contributed by atoms with E-state index in [1.165, 1.54) is 28.7 Å². The number of hydrogen-bond donors (Lipinski definition) is 1. The van der Waals surface area contributed by atoms with E-state index in [2.05, 4.69) is 20.4 Å². The predicted molar refractivity (Wildman–Crippen MR) is 65.0 cm³/mol. The van der Waals surface area contributed by atoms with Crippen LogP contribution in [0.1, 0.15) is 23.5 Å². The number of thiazole rings is 1. The number of aryl methyl sites for hydroxylation is 2. The van der Waals surface area contributed by atoms with Crippen molar-refractivity contribution >= 4 is 22.4 Å². The maximum atomic E-state index is 11.9. The van der Waals surface area contributed by atoms with Gasteiger partial charge in [0.2, 0.25) is 0 Å². The van der Waals surface area contributed by atoms with Crippen molar-refractivity contribution in [3.8, 4) is 0 Å². The molecule has 0 fully saturated rings. The summed E-state index contributed by atoms with van der Waals surface area (Å²) in [6, 6.07) is -0.401. The van der Waals surface area contributed by atoms with Crippen molar-refractivity contribution in [2.45, 2.75) is 26.8 Å². The number of nitrogens with zero attached hydrogens (tertiary/aromatic N) is 4. The Labute approximate surface area is 103 Å². The second kappa shape index (κ2) is 4.62. The third kappa shape index (κ3) is 2.50. The molecule has 17 heavy (non-hydrogen) atoms. The van der Waals surface area contributed by atoms with E-state index in [1.807, 2.05) is 13.8 Å². The van der Waals surface area contributed by atoms with Crippen LogP contribution in [0.5, 0.6) is 0 Å².